The molecule has 1 saturated heterocycles. The Kier molecular flexibility index (Phi) is 4.72. The lowest BCUT2D eigenvalue weighted by molar-refractivity contribution is -0.0825. The molecule has 1 fully saturated rings. The van der Waals surface area contributed by atoms with Gasteiger partial charge in [-0.3, -0.25) is 0 Å². The number of morpholine rings is 1. The van der Waals surface area contributed by atoms with Gasteiger partial charge in [0, 0.05) is 31.8 Å². The molecule has 1 aliphatic heterocycles. The van der Waals surface area contributed by atoms with Crippen LogP contribution in [0.4, 0.5) is 0 Å². The summed E-state index contributed by atoms with van der Waals surface area (Å²) in [4.78, 5) is 6.55. The standard InChI is InChI=1S/C15H23N5O3/c1-9(2)14-16-12(23-19-14)5-6-13-17-18-15(22-13)11-8-20(4)7-10(3)21-11/h9-11H,5-8H2,1-4H3/t10-,11-/m1/s1. The molecule has 0 amide bonds. The highest BCUT2D eigenvalue weighted by Crippen LogP contribution is 2.23. The minimum Gasteiger partial charge on any atom is -0.422 e. The van der Waals surface area contributed by atoms with E-state index in [0.29, 0.717) is 30.5 Å². The summed E-state index contributed by atoms with van der Waals surface area (Å²) in [5, 5.41) is 12.2. The number of rotatable bonds is 5. The van der Waals surface area contributed by atoms with Gasteiger partial charge < -0.3 is 18.6 Å². The fourth-order valence-corrected chi connectivity index (χ4v) is 2.62. The van der Waals surface area contributed by atoms with Crippen LogP contribution in [0, 0.1) is 0 Å². The van der Waals surface area contributed by atoms with Crippen molar-refractivity contribution in [3.8, 4) is 0 Å². The molecule has 8 heteroatoms. The van der Waals surface area contributed by atoms with Gasteiger partial charge in [0.25, 0.3) is 0 Å². The Morgan fingerprint density at radius 1 is 1.17 bits per heavy atom. The lowest BCUT2D eigenvalue weighted by atomic mass is 10.2. The maximum Gasteiger partial charge on any atom is 0.246 e. The van der Waals surface area contributed by atoms with Crippen LogP contribution in [0.5, 0.6) is 0 Å². The zero-order valence-corrected chi connectivity index (χ0v) is 14.0. The Bertz CT molecular complexity index is 629. The maximum atomic E-state index is 5.87. The third-order valence-electron chi connectivity index (χ3n) is 3.75. The predicted molar refractivity (Wildman–Crippen MR) is 80.9 cm³/mol. The van der Waals surface area contributed by atoms with Crippen molar-refractivity contribution in [1.29, 1.82) is 0 Å². The SMILES string of the molecule is CC(C)c1noc(CCc2nnc([C@H]3CN(C)C[C@@H](C)O3)o2)n1. The summed E-state index contributed by atoms with van der Waals surface area (Å²) in [6.45, 7) is 7.77. The first kappa shape index (κ1) is 16.1. The van der Waals surface area contributed by atoms with Gasteiger partial charge in [0.1, 0.15) is 6.10 Å². The molecule has 3 rings (SSSR count). The second kappa shape index (κ2) is 6.76. The second-order valence-corrected chi connectivity index (χ2v) is 6.39. The number of aryl methyl sites for hydroxylation is 2. The highest BCUT2D eigenvalue weighted by Gasteiger charge is 2.28. The molecule has 2 atom stereocenters. The van der Waals surface area contributed by atoms with E-state index in [1.807, 2.05) is 20.8 Å². The fraction of sp³-hybridized carbons (Fsp3) is 0.733. The molecule has 23 heavy (non-hydrogen) atoms. The molecule has 0 spiro atoms. The largest absolute Gasteiger partial charge is 0.422 e. The van der Waals surface area contributed by atoms with E-state index in [4.69, 9.17) is 13.7 Å². The highest BCUT2D eigenvalue weighted by molar-refractivity contribution is 4.95. The number of hydrogen-bond donors (Lipinski definition) is 0. The summed E-state index contributed by atoms with van der Waals surface area (Å²) in [5.41, 5.74) is 0. The van der Waals surface area contributed by atoms with Gasteiger partial charge in [-0.15, -0.1) is 10.2 Å². The lowest BCUT2D eigenvalue weighted by Crippen LogP contribution is -2.40. The molecule has 2 aromatic rings. The normalized spacial score (nSPS) is 22.8. The van der Waals surface area contributed by atoms with Gasteiger partial charge in [-0.1, -0.05) is 19.0 Å². The van der Waals surface area contributed by atoms with Crippen LogP contribution in [0.15, 0.2) is 8.94 Å². The molecular weight excluding hydrogens is 298 g/mol. The van der Waals surface area contributed by atoms with Crippen LogP contribution in [-0.2, 0) is 17.6 Å². The van der Waals surface area contributed by atoms with Crippen molar-refractivity contribution < 1.29 is 13.7 Å². The van der Waals surface area contributed by atoms with Crippen LogP contribution in [-0.4, -0.2) is 51.5 Å². The lowest BCUT2D eigenvalue weighted by Gasteiger charge is -2.32. The topological polar surface area (TPSA) is 90.3 Å². The van der Waals surface area contributed by atoms with E-state index in [2.05, 4.69) is 32.3 Å². The average Bonchev–Trinajstić information content (AvgIpc) is 3.13. The zero-order chi connectivity index (χ0) is 16.4. The number of likely N-dealkylation sites (N-methyl/N-ethyl adjacent to an activating group) is 1. The van der Waals surface area contributed by atoms with Gasteiger partial charge in [0.15, 0.2) is 5.82 Å². The van der Waals surface area contributed by atoms with Crippen molar-refractivity contribution in [2.24, 2.45) is 0 Å². The number of nitrogens with zero attached hydrogens (tertiary/aromatic N) is 5. The van der Waals surface area contributed by atoms with E-state index in [1.54, 1.807) is 0 Å². The van der Waals surface area contributed by atoms with Crippen molar-refractivity contribution in [3.63, 3.8) is 0 Å². The number of aromatic nitrogens is 4. The Morgan fingerprint density at radius 3 is 2.65 bits per heavy atom. The molecular formula is C15H23N5O3. The van der Waals surface area contributed by atoms with Gasteiger partial charge in [-0.05, 0) is 14.0 Å². The smallest absolute Gasteiger partial charge is 0.246 e. The molecule has 0 radical (unpaired) electrons. The van der Waals surface area contributed by atoms with Crippen molar-refractivity contribution in [1.82, 2.24) is 25.2 Å². The van der Waals surface area contributed by atoms with Crippen LogP contribution in [0.2, 0.25) is 0 Å². The van der Waals surface area contributed by atoms with E-state index >= 15 is 0 Å². The van der Waals surface area contributed by atoms with Crippen LogP contribution in [0.25, 0.3) is 0 Å². The Labute approximate surface area is 135 Å². The number of hydrogen-bond acceptors (Lipinski definition) is 8. The molecule has 0 unspecified atom stereocenters. The summed E-state index contributed by atoms with van der Waals surface area (Å²) in [7, 11) is 2.06. The molecule has 3 heterocycles. The van der Waals surface area contributed by atoms with Crippen LogP contribution in [0.1, 0.15) is 56.3 Å². The van der Waals surface area contributed by atoms with Gasteiger partial charge in [-0.2, -0.15) is 4.98 Å². The molecule has 8 nitrogen and oxygen atoms in total. The van der Waals surface area contributed by atoms with E-state index in [-0.39, 0.29) is 18.1 Å². The summed E-state index contributed by atoms with van der Waals surface area (Å²) in [6.07, 6.45) is 1.15. The third-order valence-corrected chi connectivity index (χ3v) is 3.75. The molecule has 0 aromatic carbocycles. The molecule has 0 N–H and O–H groups in total. The minimum atomic E-state index is -0.166. The first-order valence-corrected chi connectivity index (χ1v) is 8.00. The molecule has 0 bridgehead atoms. The van der Waals surface area contributed by atoms with Crippen molar-refractivity contribution >= 4 is 0 Å². The third kappa shape index (κ3) is 3.94. The highest BCUT2D eigenvalue weighted by atomic mass is 16.5. The first-order valence-electron chi connectivity index (χ1n) is 8.00. The average molecular weight is 321 g/mol. The Morgan fingerprint density at radius 2 is 1.96 bits per heavy atom. The molecule has 0 saturated carbocycles. The fourth-order valence-electron chi connectivity index (χ4n) is 2.62. The van der Waals surface area contributed by atoms with Crippen LogP contribution >= 0.6 is 0 Å². The van der Waals surface area contributed by atoms with Crippen LogP contribution in [0.3, 0.4) is 0 Å². The first-order chi connectivity index (χ1) is 11.0. The monoisotopic (exact) mass is 321 g/mol. The maximum absolute atomic E-state index is 5.87. The van der Waals surface area contributed by atoms with Gasteiger partial charge >= 0.3 is 0 Å². The summed E-state index contributed by atoms with van der Waals surface area (Å²) < 4.78 is 16.8. The van der Waals surface area contributed by atoms with Crippen molar-refractivity contribution in [2.45, 2.75) is 51.7 Å². The summed E-state index contributed by atoms with van der Waals surface area (Å²) in [5.74, 6) is 2.67. The zero-order valence-electron chi connectivity index (χ0n) is 14.0. The quantitative estimate of drug-likeness (QED) is 0.822. The van der Waals surface area contributed by atoms with E-state index in [9.17, 15) is 0 Å². The van der Waals surface area contributed by atoms with E-state index in [0.717, 1.165) is 18.9 Å². The summed E-state index contributed by atoms with van der Waals surface area (Å²) >= 11 is 0. The van der Waals surface area contributed by atoms with E-state index < -0.39 is 0 Å². The Balaban J connectivity index is 1.58. The van der Waals surface area contributed by atoms with Crippen molar-refractivity contribution in [2.75, 3.05) is 20.1 Å². The van der Waals surface area contributed by atoms with Gasteiger partial charge in [0.2, 0.25) is 17.7 Å². The summed E-state index contributed by atoms with van der Waals surface area (Å²) in [6, 6.07) is 0. The molecule has 1 aliphatic rings. The van der Waals surface area contributed by atoms with Crippen LogP contribution < -0.4 is 0 Å². The molecule has 126 valence electrons. The molecule has 2 aromatic heterocycles. The number of ether oxygens (including phenoxy) is 1. The second-order valence-electron chi connectivity index (χ2n) is 6.39. The Hall–Kier alpha value is -1.80. The minimum absolute atomic E-state index is 0.155. The van der Waals surface area contributed by atoms with Gasteiger partial charge in [0.05, 0.1) is 6.10 Å². The molecule has 0 aliphatic carbocycles. The van der Waals surface area contributed by atoms with E-state index in [1.165, 1.54) is 0 Å². The van der Waals surface area contributed by atoms with Gasteiger partial charge in [-0.25, -0.2) is 0 Å². The van der Waals surface area contributed by atoms with Crippen molar-refractivity contribution in [3.05, 3.63) is 23.5 Å². The predicted octanol–water partition coefficient (Wildman–Crippen LogP) is 1.75.